The molecule has 0 radical (unpaired) electrons. The van der Waals surface area contributed by atoms with Crippen molar-refractivity contribution in [3.05, 3.63) is 93.9 Å². The molecule has 0 aliphatic heterocycles. The summed E-state index contributed by atoms with van der Waals surface area (Å²) in [5.74, 6) is -0.0767. The van der Waals surface area contributed by atoms with Crippen LogP contribution in [0.3, 0.4) is 0 Å². The van der Waals surface area contributed by atoms with Gasteiger partial charge in [-0.3, -0.25) is 4.79 Å². The number of benzene rings is 3. The smallest absolute Gasteiger partial charge is 0.341 e. The number of rotatable bonds is 6. The van der Waals surface area contributed by atoms with Crippen molar-refractivity contribution in [2.45, 2.75) is 32.6 Å². The van der Waals surface area contributed by atoms with Crippen LogP contribution in [0.4, 0.5) is 10.7 Å². The molecular formula is C32H28N2O5S. The van der Waals surface area contributed by atoms with Crippen LogP contribution in [0.1, 0.15) is 50.9 Å². The Morgan fingerprint density at radius 3 is 2.60 bits per heavy atom. The van der Waals surface area contributed by atoms with Crippen LogP contribution in [0.25, 0.3) is 21.7 Å². The molecule has 1 amide bonds. The SMILES string of the molecule is CCOC(=O)c1c(/N=c2\oc3ccc4ccccc4c3cc2C(=O)Nc2ccc(OC)cc2)sc2c1CCCC2. The molecular weight excluding hydrogens is 524 g/mol. The predicted octanol–water partition coefficient (Wildman–Crippen LogP) is 7.20. The molecule has 3 aromatic carbocycles. The van der Waals surface area contributed by atoms with Crippen molar-refractivity contribution in [2.24, 2.45) is 4.99 Å². The molecule has 6 rings (SSSR count). The van der Waals surface area contributed by atoms with E-state index in [-0.39, 0.29) is 23.6 Å². The molecule has 0 unspecified atom stereocenters. The largest absolute Gasteiger partial charge is 0.497 e. The average molecular weight is 553 g/mol. The fourth-order valence-electron chi connectivity index (χ4n) is 5.13. The van der Waals surface area contributed by atoms with E-state index in [2.05, 4.69) is 5.32 Å². The molecule has 0 fully saturated rings. The number of fused-ring (bicyclic) bond motifs is 4. The molecule has 8 heteroatoms. The maximum absolute atomic E-state index is 13.7. The van der Waals surface area contributed by atoms with Crippen LogP contribution in [0.15, 0.2) is 76.1 Å². The number of nitrogens with one attached hydrogen (secondary N) is 1. The molecule has 7 nitrogen and oxygen atoms in total. The summed E-state index contributed by atoms with van der Waals surface area (Å²) < 4.78 is 17.0. The summed E-state index contributed by atoms with van der Waals surface area (Å²) in [7, 11) is 1.59. The number of hydrogen-bond acceptors (Lipinski definition) is 7. The van der Waals surface area contributed by atoms with E-state index in [4.69, 9.17) is 18.9 Å². The summed E-state index contributed by atoms with van der Waals surface area (Å²) in [4.78, 5) is 32.8. The number of aryl methyl sites for hydroxylation is 1. The van der Waals surface area contributed by atoms with Gasteiger partial charge in [-0.2, -0.15) is 0 Å². The first kappa shape index (κ1) is 25.8. The first-order valence-electron chi connectivity index (χ1n) is 13.3. The van der Waals surface area contributed by atoms with E-state index in [0.29, 0.717) is 27.6 Å². The highest BCUT2D eigenvalue weighted by molar-refractivity contribution is 7.16. The van der Waals surface area contributed by atoms with E-state index < -0.39 is 5.97 Å². The van der Waals surface area contributed by atoms with Gasteiger partial charge in [-0.1, -0.05) is 30.3 Å². The minimum Gasteiger partial charge on any atom is -0.497 e. The fourth-order valence-corrected chi connectivity index (χ4v) is 6.38. The number of thiophene rings is 1. The van der Waals surface area contributed by atoms with Gasteiger partial charge in [-0.05, 0) is 85.3 Å². The van der Waals surface area contributed by atoms with Gasteiger partial charge in [-0.15, -0.1) is 11.3 Å². The van der Waals surface area contributed by atoms with Crippen LogP contribution in [0.2, 0.25) is 0 Å². The molecule has 40 heavy (non-hydrogen) atoms. The van der Waals surface area contributed by atoms with E-state index >= 15 is 0 Å². The third-order valence-corrected chi connectivity index (χ3v) is 8.27. The van der Waals surface area contributed by atoms with Crippen molar-refractivity contribution in [1.82, 2.24) is 0 Å². The van der Waals surface area contributed by atoms with Crippen molar-refractivity contribution in [3.63, 3.8) is 0 Å². The highest BCUT2D eigenvalue weighted by Gasteiger charge is 2.27. The van der Waals surface area contributed by atoms with Gasteiger partial charge in [0, 0.05) is 16.0 Å². The fraction of sp³-hybridized carbons (Fsp3) is 0.219. The van der Waals surface area contributed by atoms with Gasteiger partial charge in [0.2, 0.25) is 5.55 Å². The van der Waals surface area contributed by atoms with E-state index in [1.165, 1.54) is 11.3 Å². The molecule has 0 spiro atoms. The van der Waals surface area contributed by atoms with E-state index in [1.54, 1.807) is 38.3 Å². The van der Waals surface area contributed by atoms with Gasteiger partial charge in [0.25, 0.3) is 5.91 Å². The summed E-state index contributed by atoms with van der Waals surface area (Å²) in [5.41, 5.74) is 3.09. The quantitative estimate of drug-likeness (QED) is 0.178. The highest BCUT2D eigenvalue weighted by atomic mass is 32.1. The third-order valence-electron chi connectivity index (χ3n) is 7.08. The van der Waals surface area contributed by atoms with Crippen LogP contribution in [0.5, 0.6) is 5.75 Å². The van der Waals surface area contributed by atoms with E-state index in [9.17, 15) is 9.59 Å². The molecule has 0 atom stereocenters. The lowest BCUT2D eigenvalue weighted by atomic mass is 9.95. The Kier molecular flexibility index (Phi) is 7.09. The number of hydrogen-bond donors (Lipinski definition) is 1. The minimum atomic E-state index is -0.392. The van der Waals surface area contributed by atoms with Crippen LogP contribution in [-0.4, -0.2) is 25.6 Å². The second-order valence-corrected chi connectivity index (χ2v) is 10.7. The Hall–Kier alpha value is -4.43. The van der Waals surface area contributed by atoms with Gasteiger partial charge >= 0.3 is 5.97 Å². The monoisotopic (exact) mass is 552 g/mol. The second kappa shape index (κ2) is 11.0. The number of amides is 1. The van der Waals surface area contributed by atoms with Crippen molar-refractivity contribution in [2.75, 3.05) is 19.0 Å². The topological polar surface area (TPSA) is 90.1 Å². The summed E-state index contributed by atoms with van der Waals surface area (Å²) in [6, 6.07) is 20.7. The molecule has 5 aromatic rings. The Bertz CT molecular complexity index is 1820. The maximum atomic E-state index is 13.7. The molecule has 1 aliphatic carbocycles. The Morgan fingerprint density at radius 1 is 1.00 bits per heavy atom. The number of carbonyl (C=O) groups excluding carboxylic acids is 2. The standard InChI is InChI=1S/C32H28N2O5S/c1-3-38-32(36)28-23-10-6-7-11-27(23)40-31(28)34-30-25(29(35)33-20-13-15-21(37-2)16-14-20)18-24-22-9-5-4-8-19(22)12-17-26(24)39-30/h4-5,8-9,12-18H,3,6-7,10-11H2,1-2H3,(H,33,35)/b34-30-. The van der Waals surface area contributed by atoms with Crippen LogP contribution in [0, 0.1) is 0 Å². The summed E-state index contributed by atoms with van der Waals surface area (Å²) in [5, 5.41) is 6.26. The van der Waals surface area contributed by atoms with Gasteiger partial charge < -0.3 is 19.2 Å². The zero-order valence-electron chi connectivity index (χ0n) is 22.3. The summed E-state index contributed by atoms with van der Waals surface area (Å²) >= 11 is 1.47. The van der Waals surface area contributed by atoms with Crippen LogP contribution >= 0.6 is 11.3 Å². The molecule has 2 aromatic heterocycles. The minimum absolute atomic E-state index is 0.137. The number of esters is 1. The first-order valence-corrected chi connectivity index (χ1v) is 14.1. The molecule has 0 saturated carbocycles. The summed E-state index contributed by atoms with van der Waals surface area (Å²) in [6.07, 6.45) is 3.78. The molecule has 0 bridgehead atoms. The zero-order chi connectivity index (χ0) is 27.6. The molecule has 0 saturated heterocycles. The van der Waals surface area contributed by atoms with Crippen LogP contribution < -0.4 is 15.6 Å². The molecule has 202 valence electrons. The van der Waals surface area contributed by atoms with Gasteiger partial charge in [0.05, 0.1) is 19.3 Å². The lowest BCUT2D eigenvalue weighted by Gasteiger charge is -2.12. The Balaban J connectivity index is 1.55. The van der Waals surface area contributed by atoms with E-state index in [0.717, 1.165) is 52.3 Å². The maximum Gasteiger partial charge on any atom is 0.341 e. The number of anilines is 1. The second-order valence-electron chi connectivity index (χ2n) is 9.57. The number of carbonyl (C=O) groups is 2. The van der Waals surface area contributed by atoms with Crippen LogP contribution in [-0.2, 0) is 17.6 Å². The lowest BCUT2D eigenvalue weighted by molar-refractivity contribution is 0.0526. The normalized spacial score (nSPS) is 13.3. The highest BCUT2D eigenvalue weighted by Crippen LogP contribution is 2.40. The summed E-state index contributed by atoms with van der Waals surface area (Å²) in [6.45, 7) is 2.06. The van der Waals surface area contributed by atoms with Gasteiger partial charge in [0.1, 0.15) is 21.9 Å². The molecule has 1 aliphatic rings. The third kappa shape index (κ3) is 4.86. The van der Waals surface area contributed by atoms with Crippen molar-refractivity contribution >= 4 is 55.6 Å². The van der Waals surface area contributed by atoms with Gasteiger partial charge in [-0.25, -0.2) is 9.79 Å². The van der Waals surface area contributed by atoms with Crippen molar-refractivity contribution in [1.29, 1.82) is 0 Å². The number of ether oxygens (including phenoxy) is 2. The average Bonchev–Trinajstić information content (AvgIpc) is 3.35. The van der Waals surface area contributed by atoms with Gasteiger partial charge in [0.15, 0.2) is 0 Å². The Labute approximate surface area is 235 Å². The van der Waals surface area contributed by atoms with E-state index in [1.807, 2.05) is 42.5 Å². The zero-order valence-corrected chi connectivity index (χ0v) is 23.1. The predicted molar refractivity (Wildman–Crippen MR) is 157 cm³/mol. The van der Waals surface area contributed by atoms with Crippen molar-refractivity contribution in [3.8, 4) is 5.75 Å². The van der Waals surface area contributed by atoms with Crippen molar-refractivity contribution < 1.29 is 23.5 Å². The molecule has 2 heterocycles. The Morgan fingerprint density at radius 2 is 1.80 bits per heavy atom. The lowest BCUT2D eigenvalue weighted by Crippen LogP contribution is -2.21. The first-order chi connectivity index (χ1) is 19.6. The number of nitrogens with zero attached hydrogens (tertiary/aromatic N) is 1. The molecule has 1 N–H and O–H groups in total. The number of methoxy groups -OCH3 is 1.